The minimum atomic E-state index is -1.03. The third-order valence-electron chi connectivity index (χ3n) is 1.99. The lowest BCUT2D eigenvalue weighted by Crippen LogP contribution is -2.41. The number of unbranched alkanes of at least 4 members (excludes halogenated alkanes) is 1. The van der Waals surface area contributed by atoms with Crippen molar-refractivity contribution in [3.63, 3.8) is 0 Å². The van der Waals surface area contributed by atoms with Crippen molar-refractivity contribution in [2.75, 3.05) is 6.61 Å². The first-order valence-corrected chi connectivity index (χ1v) is 5.38. The van der Waals surface area contributed by atoms with E-state index in [1.165, 1.54) is 0 Å². The predicted molar refractivity (Wildman–Crippen MR) is 60.2 cm³/mol. The molecular formula is C11H19NO4. The summed E-state index contributed by atoms with van der Waals surface area (Å²) in [5, 5.41) is 11.1. The van der Waals surface area contributed by atoms with E-state index in [1.807, 2.05) is 6.92 Å². The van der Waals surface area contributed by atoms with E-state index < -0.39 is 18.1 Å². The third-order valence-corrected chi connectivity index (χ3v) is 1.99. The quantitative estimate of drug-likeness (QED) is 0.492. The number of alkyl carbamates (subject to hydrolysis) is 1. The summed E-state index contributed by atoms with van der Waals surface area (Å²) in [6.45, 7) is 5.66. The molecule has 2 N–H and O–H groups in total. The first kappa shape index (κ1) is 14.5. The number of carboxylic acids is 1. The fourth-order valence-corrected chi connectivity index (χ4v) is 1.08. The van der Waals surface area contributed by atoms with Crippen LogP contribution in [0.4, 0.5) is 4.79 Å². The Morgan fingerprint density at radius 1 is 1.56 bits per heavy atom. The van der Waals surface area contributed by atoms with E-state index in [0.717, 1.165) is 12.8 Å². The summed E-state index contributed by atoms with van der Waals surface area (Å²) < 4.78 is 4.76. The molecule has 0 spiro atoms. The highest BCUT2D eigenvalue weighted by Crippen LogP contribution is 2.01. The molecule has 0 fully saturated rings. The van der Waals surface area contributed by atoms with Crippen molar-refractivity contribution in [3.8, 4) is 0 Å². The fraction of sp³-hybridized carbons (Fsp3) is 0.636. The highest BCUT2D eigenvalue weighted by molar-refractivity contribution is 5.79. The van der Waals surface area contributed by atoms with Crippen molar-refractivity contribution in [1.82, 2.24) is 5.32 Å². The van der Waals surface area contributed by atoms with E-state index in [4.69, 9.17) is 9.84 Å². The van der Waals surface area contributed by atoms with Crippen LogP contribution < -0.4 is 5.32 Å². The van der Waals surface area contributed by atoms with Crippen LogP contribution in [0, 0.1) is 0 Å². The molecule has 0 aliphatic heterocycles. The minimum Gasteiger partial charge on any atom is -0.480 e. The second kappa shape index (κ2) is 8.76. The number of aliphatic carboxylic acids is 1. The van der Waals surface area contributed by atoms with Gasteiger partial charge < -0.3 is 15.2 Å². The van der Waals surface area contributed by atoms with Crippen LogP contribution >= 0.6 is 0 Å². The van der Waals surface area contributed by atoms with Crippen molar-refractivity contribution in [2.45, 2.75) is 38.6 Å². The van der Waals surface area contributed by atoms with Gasteiger partial charge in [-0.3, -0.25) is 0 Å². The maximum absolute atomic E-state index is 11.2. The van der Waals surface area contributed by atoms with Gasteiger partial charge in [0.15, 0.2) is 0 Å². The molecule has 5 nitrogen and oxygen atoms in total. The molecule has 1 amide bonds. The van der Waals surface area contributed by atoms with Crippen LogP contribution in [0.1, 0.15) is 32.6 Å². The number of hydrogen-bond donors (Lipinski definition) is 2. The zero-order valence-corrected chi connectivity index (χ0v) is 9.57. The maximum Gasteiger partial charge on any atom is 0.407 e. The Kier molecular flexibility index (Phi) is 7.93. The summed E-state index contributed by atoms with van der Waals surface area (Å²) in [5.41, 5.74) is 0. The number of carbonyl (C=O) groups is 2. The number of carbonyl (C=O) groups excluding carboxylic acids is 1. The molecule has 0 saturated heterocycles. The lowest BCUT2D eigenvalue weighted by molar-refractivity contribution is -0.139. The van der Waals surface area contributed by atoms with Gasteiger partial charge in [0.2, 0.25) is 0 Å². The van der Waals surface area contributed by atoms with Crippen molar-refractivity contribution in [1.29, 1.82) is 0 Å². The smallest absolute Gasteiger partial charge is 0.407 e. The van der Waals surface area contributed by atoms with Gasteiger partial charge in [-0.1, -0.05) is 25.8 Å². The van der Waals surface area contributed by atoms with Gasteiger partial charge in [-0.25, -0.2) is 9.59 Å². The van der Waals surface area contributed by atoms with Crippen molar-refractivity contribution < 1.29 is 19.4 Å². The van der Waals surface area contributed by atoms with Gasteiger partial charge >= 0.3 is 12.1 Å². The second-order valence-electron chi connectivity index (χ2n) is 3.39. The molecule has 0 bridgehead atoms. The number of rotatable bonds is 8. The van der Waals surface area contributed by atoms with Crippen molar-refractivity contribution in [2.24, 2.45) is 0 Å². The van der Waals surface area contributed by atoms with Gasteiger partial charge in [-0.2, -0.15) is 0 Å². The molecule has 0 aromatic rings. The number of amides is 1. The molecule has 16 heavy (non-hydrogen) atoms. The molecule has 0 heterocycles. The zero-order valence-electron chi connectivity index (χ0n) is 9.57. The lowest BCUT2D eigenvalue weighted by atomic mass is 10.1. The first-order valence-electron chi connectivity index (χ1n) is 5.38. The average Bonchev–Trinajstić information content (AvgIpc) is 2.24. The maximum atomic E-state index is 11.2. The van der Waals surface area contributed by atoms with E-state index in [0.29, 0.717) is 12.8 Å². The Hall–Kier alpha value is -1.52. The topological polar surface area (TPSA) is 75.6 Å². The predicted octanol–water partition coefficient (Wildman–Crippen LogP) is 1.93. The summed E-state index contributed by atoms with van der Waals surface area (Å²) in [5.74, 6) is -1.03. The van der Waals surface area contributed by atoms with E-state index >= 15 is 0 Å². The summed E-state index contributed by atoms with van der Waals surface area (Å²) in [6, 6.07) is -0.865. The molecule has 0 unspecified atom stereocenters. The van der Waals surface area contributed by atoms with Crippen LogP contribution in [-0.2, 0) is 9.53 Å². The first-order chi connectivity index (χ1) is 7.61. The third kappa shape index (κ3) is 6.86. The van der Waals surface area contributed by atoms with Gasteiger partial charge in [0.1, 0.15) is 6.04 Å². The number of hydrogen-bond acceptors (Lipinski definition) is 3. The molecule has 0 aliphatic rings. The van der Waals surface area contributed by atoms with Crippen LogP contribution in [0.15, 0.2) is 12.7 Å². The molecular weight excluding hydrogens is 210 g/mol. The molecule has 5 heteroatoms. The standard InChI is InChI=1S/C11H19NO4/c1-3-5-7-9(10(13)14)12-11(15)16-8-6-4-2/h4,9H,2-3,5-8H2,1H3,(H,12,15)(H,13,14)/t9-/m0/s1. The normalized spacial score (nSPS) is 11.6. The average molecular weight is 229 g/mol. The van der Waals surface area contributed by atoms with Crippen LogP contribution in [0.2, 0.25) is 0 Å². The Morgan fingerprint density at radius 2 is 2.25 bits per heavy atom. The Bertz CT molecular complexity index is 240. The van der Waals surface area contributed by atoms with Crippen LogP contribution in [0.5, 0.6) is 0 Å². The van der Waals surface area contributed by atoms with Gasteiger partial charge in [-0.15, -0.1) is 6.58 Å². The number of carboxylic acid groups (broad SMARTS) is 1. The SMILES string of the molecule is C=CCCOC(=O)N[C@@H](CCCC)C(=O)O. The van der Waals surface area contributed by atoms with Gasteiger partial charge in [-0.05, 0) is 12.8 Å². The molecule has 1 atom stereocenters. The molecule has 0 saturated carbocycles. The second-order valence-corrected chi connectivity index (χ2v) is 3.39. The summed E-state index contributed by atoms with van der Waals surface area (Å²) in [4.78, 5) is 21.9. The largest absolute Gasteiger partial charge is 0.480 e. The Balaban J connectivity index is 3.92. The number of nitrogens with one attached hydrogen (secondary N) is 1. The van der Waals surface area contributed by atoms with Gasteiger partial charge in [0.25, 0.3) is 0 Å². The van der Waals surface area contributed by atoms with Crippen LogP contribution in [0.25, 0.3) is 0 Å². The van der Waals surface area contributed by atoms with Gasteiger partial charge in [0.05, 0.1) is 6.61 Å². The van der Waals surface area contributed by atoms with Crippen molar-refractivity contribution >= 4 is 12.1 Å². The highest BCUT2D eigenvalue weighted by atomic mass is 16.5. The molecule has 0 aliphatic carbocycles. The molecule has 92 valence electrons. The van der Waals surface area contributed by atoms with E-state index in [9.17, 15) is 9.59 Å². The van der Waals surface area contributed by atoms with E-state index in [2.05, 4.69) is 11.9 Å². The van der Waals surface area contributed by atoms with E-state index in [1.54, 1.807) is 6.08 Å². The highest BCUT2D eigenvalue weighted by Gasteiger charge is 2.19. The zero-order chi connectivity index (χ0) is 12.4. The summed E-state index contributed by atoms with van der Waals surface area (Å²) in [7, 11) is 0. The van der Waals surface area contributed by atoms with Gasteiger partial charge in [0, 0.05) is 0 Å². The molecule has 0 rings (SSSR count). The molecule has 0 radical (unpaired) electrons. The molecule has 0 aromatic heterocycles. The van der Waals surface area contributed by atoms with Crippen LogP contribution in [-0.4, -0.2) is 29.8 Å². The van der Waals surface area contributed by atoms with E-state index in [-0.39, 0.29) is 6.61 Å². The Morgan fingerprint density at radius 3 is 2.75 bits per heavy atom. The van der Waals surface area contributed by atoms with Crippen LogP contribution in [0.3, 0.4) is 0 Å². The minimum absolute atomic E-state index is 0.218. The van der Waals surface area contributed by atoms with Crippen molar-refractivity contribution in [3.05, 3.63) is 12.7 Å². The fourth-order valence-electron chi connectivity index (χ4n) is 1.08. The number of ether oxygens (including phenoxy) is 1. The summed E-state index contributed by atoms with van der Waals surface area (Å²) in [6.07, 6.45) is 3.55. The molecule has 0 aromatic carbocycles. The Labute approximate surface area is 95.5 Å². The summed E-state index contributed by atoms with van der Waals surface area (Å²) >= 11 is 0. The lowest BCUT2D eigenvalue weighted by Gasteiger charge is -2.13. The monoisotopic (exact) mass is 229 g/mol.